The third-order valence-electron chi connectivity index (χ3n) is 4.49. The average Bonchev–Trinajstić information content (AvgIpc) is 2.85. The molecule has 3 N–H and O–H groups in total. The van der Waals surface area contributed by atoms with E-state index in [1.165, 1.54) is 31.5 Å². The number of rotatable bonds is 9. The van der Waals surface area contributed by atoms with E-state index in [4.69, 9.17) is 4.74 Å². The molecular formula is C23H20N8O3. The van der Waals surface area contributed by atoms with Gasteiger partial charge in [-0.2, -0.15) is 20.1 Å². The predicted molar refractivity (Wildman–Crippen MR) is 130 cm³/mol. The molecule has 0 unspecified atom stereocenters. The van der Waals surface area contributed by atoms with Crippen LogP contribution in [0.4, 0.5) is 34.9 Å². The zero-order valence-corrected chi connectivity index (χ0v) is 18.0. The smallest absolute Gasteiger partial charge is 0.270 e. The highest BCUT2D eigenvalue weighted by atomic mass is 16.6. The Hall–Kier alpha value is -5.06. The van der Waals surface area contributed by atoms with Crippen molar-refractivity contribution in [3.63, 3.8) is 0 Å². The van der Waals surface area contributed by atoms with Crippen LogP contribution in [0.25, 0.3) is 0 Å². The molecule has 0 saturated heterocycles. The summed E-state index contributed by atoms with van der Waals surface area (Å²) < 4.78 is 5.25. The first kappa shape index (κ1) is 22.1. The number of nitro groups is 1. The monoisotopic (exact) mass is 456 g/mol. The van der Waals surface area contributed by atoms with Crippen LogP contribution in [0.15, 0.2) is 84.0 Å². The minimum atomic E-state index is -0.487. The molecule has 0 fully saturated rings. The molecule has 170 valence electrons. The lowest BCUT2D eigenvalue weighted by Crippen LogP contribution is -2.07. The molecule has 11 heteroatoms. The maximum Gasteiger partial charge on any atom is 0.270 e. The van der Waals surface area contributed by atoms with Crippen molar-refractivity contribution in [3.8, 4) is 5.75 Å². The highest BCUT2D eigenvalue weighted by Crippen LogP contribution is 2.23. The number of hydrogen-bond acceptors (Lipinski definition) is 10. The maximum atomic E-state index is 11.1. The minimum absolute atomic E-state index is 0.0777. The van der Waals surface area contributed by atoms with E-state index in [0.29, 0.717) is 23.2 Å². The lowest BCUT2D eigenvalue weighted by molar-refractivity contribution is -0.384. The topological polar surface area (TPSA) is 139 Å². The van der Waals surface area contributed by atoms with Gasteiger partial charge in [0.2, 0.25) is 17.8 Å². The Labute approximate surface area is 194 Å². The van der Waals surface area contributed by atoms with Crippen LogP contribution in [0.3, 0.4) is 0 Å². The van der Waals surface area contributed by atoms with Crippen molar-refractivity contribution in [1.82, 2.24) is 15.0 Å². The third-order valence-corrected chi connectivity index (χ3v) is 4.49. The minimum Gasteiger partial charge on any atom is -0.496 e. The summed E-state index contributed by atoms with van der Waals surface area (Å²) >= 11 is 0. The number of benzene rings is 3. The summed E-state index contributed by atoms with van der Waals surface area (Å²) in [6.45, 7) is 0. The fourth-order valence-electron chi connectivity index (χ4n) is 2.93. The summed E-state index contributed by atoms with van der Waals surface area (Å²) in [7, 11) is 1.47. The van der Waals surface area contributed by atoms with Crippen molar-refractivity contribution in [2.24, 2.45) is 5.10 Å². The second-order valence-electron chi connectivity index (χ2n) is 6.84. The number of anilines is 5. The molecule has 3 aromatic carbocycles. The Bertz CT molecular complexity index is 1240. The van der Waals surface area contributed by atoms with Crippen molar-refractivity contribution in [1.29, 1.82) is 0 Å². The molecule has 0 bridgehead atoms. The van der Waals surface area contributed by atoms with Gasteiger partial charge >= 0.3 is 0 Å². The van der Waals surface area contributed by atoms with E-state index in [1.54, 1.807) is 0 Å². The fourth-order valence-corrected chi connectivity index (χ4v) is 2.93. The fraction of sp³-hybridized carbons (Fsp3) is 0.0435. The van der Waals surface area contributed by atoms with Gasteiger partial charge in [0.25, 0.3) is 5.69 Å². The summed E-state index contributed by atoms with van der Waals surface area (Å²) in [6.07, 6.45) is 1.39. The molecule has 0 atom stereocenters. The molecule has 4 rings (SSSR count). The average molecular weight is 456 g/mol. The Morgan fingerprint density at radius 1 is 0.853 bits per heavy atom. The standard InChI is InChI=1S/C23H20N8O3/c1-34-20-13-12-19(31(32)33)14-16(20)15-24-30-23-28-21(25-17-8-4-2-5-9-17)27-22(29-23)26-18-10-6-3-7-11-18/h2-15H,1H3,(H3,25,26,27,28,29,30)/b24-15+. The van der Waals surface area contributed by atoms with Gasteiger partial charge in [-0.1, -0.05) is 36.4 Å². The van der Waals surface area contributed by atoms with Gasteiger partial charge in [-0.3, -0.25) is 10.1 Å². The van der Waals surface area contributed by atoms with E-state index >= 15 is 0 Å². The van der Waals surface area contributed by atoms with Crippen LogP contribution in [0.1, 0.15) is 5.56 Å². The predicted octanol–water partition coefficient (Wildman–Crippen LogP) is 4.72. The highest BCUT2D eigenvalue weighted by Gasteiger charge is 2.11. The van der Waals surface area contributed by atoms with Gasteiger partial charge in [0.05, 0.1) is 18.2 Å². The van der Waals surface area contributed by atoms with Crippen LogP contribution in [0.5, 0.6) is 5.75 Å². The first-order valence-corrected chi connectivity index (χ1v) is 10.1. The number of ether oxygens (including phenoxy) is 1. The molecular weight excluding hydrogens is 436 g/mol. The van der Waals surface area contributed by atoms with E-state index < -0.39 is 4.92 Å². The number of nitro benzene ring substituents is 1. The number of non-ortho nitro benzene ring substituents is 1. The second kappa shape index (κ2) is 10.5. The van der Waals surface area contributed by atoms with Crippen LogP contribution in [0, 0.1) is 10.1 Å². The number of para-hydroxylation sites is 2. The van der Waals surface area contributed by atoms with Crippen LogP contribution < -0.4 is 20.8 Å². The quantitative estimate of drug-likeness (QED) is 0.185. The SMILES string of the molecule is COc1ccc([N+](=O)[O-])cc1/C=N/Nc1nc(Nc2ccccc2)nc(Nc2ccccc2)n1. The van der Waals surface area contributed by atoms with Crippen LogP contribution >= 0.6 is 0 Å². The molecule has 4 aromatic rings. The Morgan fingerprint density at radius 3 is 1.94 bits per heavy atom. The van der Waals surface area contributed by atoms with E-state index in [9.17, 15) is 10.1 Å². The first-order chi connectivity index (χ1) is 16.6. The van der Waals surface area contributed by atoms with Crippen LogP contribution in [0.2, 0.25) is 0 Å². The molecule has 0 radical (unpaired) electrons. The van der Waals surface area contributed by atoms with Gasteiger partial charge < -0.3 is 15.4 Å². The van der Waals surface area contributed by atoms with E-state index in [0.717, 1.165) is 11.4 Å². The molecule has 11 nitrogen and oxygen atoms in total. The molecule has 0 amide bonds. The largest absolute Gasteiger partial charge is 0.496 e. The summed E-state index contributed by atoms with van der Waals surface area (Å²) in [5.41, 5.74) is 4.69. The van der Waals surface area contributed by atoms with E-state index in [2.05, 4.69) is 36.1 Å². The first-order valence-electron chi connectivity index (χ1n) is 10.1. The van der Waals surface area contributed by atoms with Crippen molar-refractivity contribution in [3.05, 3.63) is 94.5 Å². The van der Waals surface area contributed by atoms with Crippen molar-refractivity contribution >= 4 is 41.1 Å². The van der Waals surface area contributed by atoms with Gasteiger partial charge in [-0.15, -0.1) is 0 Å². The van der Waals surface area contributed by atoms with Crippen LogP contribution in [-0.2, 0) is 0 Å². The highest BCUT2D eigenvalue weighted by molar-refractivity contribution is 5.85. The van der Waals surface area contributed by atoms with Crippen molar-refractivity contribution < 1.29 is 9.66 Å². The van der Waals surface area contributed by atoms with Crippen molar-refractivity contribution in [2.75, 3.05) is 23.2 Å². The Kier molecular flexibility index (Phi) is 6.84. The number of hydrogen-bond donors (Lipinski definition) is 3. The lowest BCUT2D eigenvalue weighted by Gasteiger charge is -2.10. The number of aromatic nitrogens is 3. The zero-order chi connectivity index (χ0) is 23.8. The van der Waals surface area contributed by atoms with Gasteiger partial charge in [0.1, 0.15) is 5.75 Å². The normalized spacial score (nSPS) is 10.6. The summed E-state index contributed by atoms with van der Waals surface area (Å²) in [6, 6.07) is 23.1. The molecule has 1 heterocycles. The lowest BCUT2D eigenvalue weighted by atomic mass is 10.2. The number of hydrazone groups is 1. The van der Waals surface area contributed by atoms with Gasteiger partial charge in [0, 0.05) is 29.1 Å². The number of nitrogens with zero attached hydrogens (tertiary/aromatic N) is 5. The second-order valence-corrected chi connectivity index (χ2v) is 6.84. The molecule has 0 saturated carbocycles. The molecule has 0 spiro atoms. The Balaban J connectivity index is 1.60. The molecule has 0 aliphatic carbocycles. The van der Waals surface area contributed by atoms with Gasteiger partial charge in [0.15, 0.2) is 0 Å². The van der Waals surface area contributed by atoms with Crippen molar-refractivity contribution in [2.45, 2.75) is 0 Å². The number of nitrogens with one attached hydrogen (secondary N) is 3. The van der Waals surface area contributed by atoms with E-state index in [1.807, 2.05) is 60.7 Å². The Morgan fingerprint density at radius 2 is 1.41 bits per heavy atom. The summed E-state index contributed by atoms with van der Waals surface area (Å²) in [5.74, 6) is 1.19. The van der Waals surface area contributed by atoms with E-state index in [-0.39, 0.29) is 11.6 Å². The van der Waals surface area contributed by atoms with Gasteiger partial charge in [-0.25, -0.2) is 5.43 Å². The third kappa shape index (κ3) is 5.79. The maximum absolute atomic E-state index is 11.1. The molecule has 0 aliphatic heterocycles. The summed E-state index contributed by atoms with van der Waals surface area (Å²) in [5, 5.41) is 21.5. The van der Waals surface area contributed by atoms with Gasteiger partial charge in [-0.05, 0) is 30.3 Å². The molecule has 34 heavy (non-hydrogen) atoms. The van der Waals surface area contributed by atoms with Crippen LogP contribution in [-0.4, -0.2) is 33.2 Å². The summed E-state index contributed by atoms with van der Waals surface area (Å²) in [4.78, 5) is 23.7. The zero-order valence-electron chi connectivity index (χ0n) is 18.0. The molecule has 0 aliphatic rings. The molecule has 1 aromatic heterocycles. The number of methoxy groups -OCH3 is 1.